The molecule has 0 saturated carbocycles. The topological polar surface area (TPSA) is 311 Å². The summed E-state index contributed by atoms with van der Waals surface area (Å²) in [5.74, 6) is -5.11. The van der Waals surface area contributed by atoms with Crippen molar-refractivity contribution < 1.29 is 79.6 Å². The normalized spacial score (nSPS) is 42.7. The molecule has 0 aromatic carbocycles. The summed E-state index contributed by atoms with van der Waals surface area (Å²) in [5.41, 5.74) is 5.98. The van der Waals surface area contributed by atoms with Crippen LogP contribution < -0.4 is 11.1 Å². The fourth-order valence-electron chi connectivity index (χ4n) is 7.80. The molecule has 2 fully saturated rings. The molecule has 2 saturated heterocycles. The van der Waals surface area contributed by atoms with Gasteiger partial charge in [-0.3, -0.25) is 9.59 Å². The molecule has 18 nitrogen and oxygen atoms in total. The summed E-state index contributed by atoms with van der Waals surface area (Å²) in [4.78, 5) is 25.9. The van der Waals surface area contributed by atoms with E-state index >= 15 is 0 Å². The minimum Gasteiger partial charge on any atom is -0.462 e. The number of halogens is 1. The predicted octanol–water partition coefficient (Wildman–Crippen LogP) is 0.348. The van der Waals surface area contributed by atoms with Crippen LogP contribution >= 0.6 is 11.6 Å². The number of cyclic esters (lactones) is 1. The molecular weight excluding hydrogens is 884 g/mol. The Hall–Kier alpha value is -3.15. The van der Waals surface area contributed by atoms with Gasteiger partial charge in [-0.1, -0.05) is 92.0 Å². The maximum absolute atomic E-state index is 13.4. The smallest absolute Gasteiger partial charge is 0.308 e. The molecule has 3 heterocycles. The molecule has 19 heteroatoms. The van der Waals surface area contributed by atoms with Crippen LogP contribution in [-0.2, 0) is 28.5 Å². The molecule has 0 radical (unpaired) electrons. The van der Waals surface area contributed by atoms with Crippen molar-refractivity contribution in [3.8, 4) is 0 Å². The Morgan fingerprint density at radius 2 is 1.35 bits per heavy atom. The van der Waals surface area contributed by atoms with E-state index in [0.29, 0.717) is 0 Å². The second kappa shape index (κ2) is 29.7. The molecule has 8 unspecified atom stereocenters. The zero-order chi connectivity index (χ0) is 48.8. The fraction of sp³-hybridized carbons (Fsp3) is 0.660. The van der Waals surface area contributed by atoms with Crippen LogP contribution in [0.25, 0.3) is 0 Å². The van der Waals surface area contributed by atoms with Crippen molar-refractivity contribution in [1.82, 2.24) is 5.32 Å². The number of nitrogens with two attached hydrogens (primary N) is 1. The Labute approximate surface area is 392 Å². The Morgan fingerprint density at radius 1 is 0.742 bits per heavy atom. The van der Waals surface area contributed by atoms with Crippen LogP contribution in [-0.4, -0.2) is 173 Å². The first-order valence-corrected chi connectivity index (χ1v) is 23.1. The first-order chi connectivity index (χ1) is 31.3. The fourth-order valence-corrected chi connectivity index (χ4v) is 7.89. The van der Waals surface area contributed by atoms with Crippen molar-refractivity contribution in [1.29, 1.82) is 0 Å². The van der Waals surface area contributed by atoms with Gasteiger partial charge in [-0.2, -0.15) is 0 Å². The van der Waals surface area contributed by atoms with Crippen molar-refractivity contribution in [3.05, 3.63) is 85.1 Å². The molecule has 3 aliphatic rings. The summed E-state index contributed by atoms with van der Waals surface area (Å²) in [5, 5.41) is 111. The number of aliphatic hydroxyl groups excluding tert-OH is 9. The lowest BCUT2D eigenvalue weighted by Crippen LogP contribution is -2.59. The molecule has 374 valence electrons. The molecule has 2 bridgehead atoms. The number of hydrogen-bond acceptors (Lipinski definition) is 17. The SMILES string of the molecule is C[C@H]1C[C@H](O)[C@@H](C)/C=C/C=C/C=C/C=C/C=C/C=C/C=C/C(O[C@@H]2OC[C@@H](O)[C@H](N)[C@@H]2O)C[C@@H]2OC(O)(CC(O)CC(O)C(O)CCC(O)CC(O)CC(=O)O1)C[C@H](O)C2C(=O)NCCCl. The summed E-state index contributed by atoms with van der Waals surface area (Å²) in [6, 6.07) is -1.11. The van der Waals surface area contributed by atoms with Crippen LogP contribution in [0.4, 0.5) is 0 Å². The number of allylic oxidation sites excluding steroid dienone is 12. The lowest BCUT2D eigenvalue weighted by Gasteiger charge is -2.45. The van der Waals surface area contributed by atoms with Crippen molar-refractivity contribution in [2.45, 2.75) is 163 Å². The molecule has 0 aliphatic carbocycles. The molecule has 17 atom stereocenters. The number of aliphatic hydroxyl groups is 10. The monoisotopic (exact) mass is 956 g/mol. The summed E-state index contributed by atoms with van der Waals surface area (Å²) < 4.78 is 23.2. The molecule has 3 aliphatic heterocycles. The lowest BCUT2D eigenvalue weighted by molar-refractivity contribution is -0.304. The first kappa shape index (κ1) is 57.2. The van der Waals surface area contributed by atoms with E-state index in [4.69, 9.17) is 36.3 Å². The number of nitrogens with one attached hydrogen (secondary N) is 1. The molecule has 0 aromatic rings. The van der Waals surface area contributed by atoms with Crippen LogP contribution in [0.2, 0.25) is 0 Å². The molecule has 3 rings (SSSR count). The van der Waals surface area contributed by atoms with Gasteiger partial charge in [0.15, 0.2) is 12.1 Å². The average Bonchev–Trinajstić information content (AvgIpc) is 3.23. The Balaban J connectivity index is 1.88. The third-order valence-corrected chi connectivity index (χ3v) is 11.7. The number of alkyl halides is 1. The molecule has 0 spiro atoms. The van der Waals surface area contributed by atoms with Crippen molar-refractivity contribution in [2.75, 3.05) is 19.0 Å². The standard InChI is InChI=1S/C47H73ClN2O16/c1-29-15-13-11-9-7-5-3-4-6-8-10-12-14-16-34(65-46-44(60)43(49)39(58)28-63-46)25-40-42(45(61)50-20-19-48)38(57)27-47(62,66-40)26-33(53)23-37(56)35(54)18-17-31(51)22-32(52)24-41(59)64-30(2)21-36(29)55/h3-16,29-40,42-44,46,51-58,60,62H,17-28,49H2,1-2H3,(H,50,61)/b4-3+,7-5+,8-6+,11-9+,12-10+,15-13+,16-14+/t29-,30-,31?,32?,33?,34?,35?,36-,37?,38-,39+,40-,42?,43-,44-,46-,47?/m0/s1. The van der Waals surface area contributed by atoms with Crippen molar-refractivity contribution >= 4 is 23.5 Å². The third kappa shape index (κ3) is 20.6. The van der Waals surface area contributed by atoms with Gasteiger partial charge < -0.3 is 81.1 Å². The summed E-state index contributed by atoms with van der Waals surface area (Å²) >= 11 is 5.82. The number of carbonyl (C=O) groups is 2. The Bertz CT molecular complexity index is 1660. The van der Waals surface area contributed by atoms with Gasteiger partial charge in [0.05, 0.1) is 86.0 Å². The van der Waals surface area contributed by atoms with Crippen molar-refractivity contribution in [3.63, 3.8) is 0 Å². The minimum absolute atomic E-state index is 0.0531. The van der Waals surface area contributed by atoms with Crippen LogP contribution in [0, 0.1) is 11.8 Å². The zero-order valence-electron chi connectivity index (χ0n) is 37.7. The van der Waals surface area contributed by atoms with E-state index < -0.39 is 135 Å². The lowest BCUT2D eigenvalue weighted by atomic mass is 9.82. The largest absolute Gasteiger partial charge is 0.462 e. The van der Waals surface area contributed by atoms with E-state index in [2.05, 4.69) is 5.32 Å². The van der Waals surface area contributed by atoms with Crippen LogP contribution in [0.1, 0.15) is 71.6 Å². The highest BCUT2D eigenvalue weighted by Crippen LogP contribution is 2.38. The third-order valence-electron chi connectivity index (χ3n) is 11.5. The number of hydrogen-bond donors (Lipinski definition) is 12. The number of fused-ring (bicyclic) bond motifs is 2. The highest BCUT2D eigenvalue weighted by Gasteiger charge is 2.50. The maximum atomic E-state index is 13.4. The van der Waals surface area contributed by atoms with Gasteiger partial charge in [0.1, 0.15) is 12.2 Å². The molecule has 1 amide bonds. The predicted molar refractivity (Wildman–Crippen MR) is 244 cm³/mol. The number of amides is 1. The number of rotatable bonds is 5. The van der Waals surface area contributed by atoms with E-state index in [-0.39, 0.29) is 57.1 Å². The van der Waals surface area contributed by atoms with E-state index in [1.54, 1.807) is 61.6 Å². The average molecular weight is 958 g/mol. The molecule has 66 heavy (non-hydrogen) atoms. The Morgan fingerprint density at radius 3 is 1.97 bits per heavy atom. The number of esters is 1. The number of ether oxygens (including phenoxy) is 4. The zero-order valence-corrected chi connectivity index (χ0v) is 38.4. The maximum Gasteiger partial charge on any atom is 0.308 e. The van der Waals surface area contributed by atoms with Crippen LogP contribution in [0.5, 0.6) is 0 Å². The van der Waals surface area contributed by atoms with E-state index in [9.17, 15) is 60.7 Å². The van der Waals surface area contributed by atoms with Gasteiger partial charge in [-0.25, -0.2) is 0 Å². The van der Waals surface area contributed by atoms with Gasteiger partial charge in [-0.15, -0.1) is 11.6 Å². The number of carbonyl (C=O) groups excluding carboxylic acids is 2. The summed E-state index contributed by atoms with van der Waals surface area (Å²) in [7, 11) is 0. The van der Waals surface area contributed by atoms with E-state index in [1.807, 2.05) is 37.3 Å². The van der Waals surface area contributed by atoms with Gasteiger partial charge >= 0.3 is 5.97 Å². The summed E-state index contributed by atoms with van der Waals surface area (Å²) in [6.45, 7) is 3.26. The highest BCUT2D eigenvalue weighted by molar-refractivity contribution is 6.18. The highest BCUT2D eigenvalue weighted by atomic mass is 35.5. The second-order valence-electron chi connectivity index (χ2n) is 17.3. The van der Waals surface area contributed by atoms with Gasteiger partial charge in [0.25, 0.3) is 0 Å². The van der Waals surface area contributed by atoms with E-state index in [0.717, 1.165) is 0 Å². The second-order valence-corrected chi connectivity index (χ2v) is 17.7. The molecule has 0 aromatic heterocycles. The van der Waals surface area contributed by atoms with Crippen LogP contribution in [0.3, 0.4) is 0 Å². The van der Waals surface area contributed by atoms with Crippen LogP contribution in [0.15, 0.2) is 85.1 Å². The van der Waals surface area contributed by atoms with Gasteiger partial charge in [-0.05, 0) is 26.2 Å². The molecule has 13 N–H and O–H groups in total. The first-order valence-electron chi connectivity index (χ1n) is 22.6. The van der Waals surface area contributed by atoms with Crippen molar-refractivity contribution in [2.24, 2.45) is 17.6 Å². The minimum atomic E-state index is -2.27. The Kier molecular flexibility index (Phi) is 25.7. The van der Waals surface area contributed by atoms with Gasteiger partial charge in [0, 0.05) is 50.4 Å². The van der Waals surface area contributed by atoms with Gasteiger partial charge in [0.2, 0.25) is 5.91 Å². The summed E-state index contributed by atoms with van der Waals surface area (Å²) in [6.07, 6.45) is 5.75. The molecular formula is C47H73ClN2O16. The quantitative estimate of drug-likeness (QED) is 0.131. The van der Waals surface area contributed by atoms with E-state index in [1.165, 1.54) is 0 Å².